The standard InChI is InChI=1S/C16H28O2/c1-10(2)12-8-9-15(4,18)14-7-6-13(11(3)17)16(12,14)5/h10,12-14,18H,6-9H2,1-5H3/t12-,13+,14-,15+,16+/m0/s1. The predicted molar refractivity (Wildman–Crippen MR) is 73.2 cm³/mol. The van der Waals surface area contributed by atoms with Gasteiger partial charge in [-0.3, -0.25) is 4.79 Å². The molecule has 2 aliphatic carbocycles. The number of hydrogen-bond donors (Lipinski definition) is 1. The van der Waals surface area contributed by atoms with Gasteiger partial charge in [-0.05, 0) is 62.7 Å². The summed E-state index contributed by atoms with van der Waals surface area (Å²) in [5.74, 6) is 1.93. The van der Waals surface area contributed by atoms with Crippen LogP contribution in [0, 0.1) is 29.1 Å². The predicted octanol–water partition coefficient (Wildman–Crippen LogP) is 3.42. The number of Topliss-reactive ketones (excluding diaryl/α,β-unsaturated/α-hetero) is 1. The molecule has 5 atom stereocenters. The monoisotopic (exact) mass is 252 g/mol. The number of carbonyl (C=O) groups is 1. The van der Waals surface area contributed by atoms with Gasteiger partial charge in [0, 0.05) is 5.92 Å². The van der Waals surface area contributed by atoms with Crippen molar-refractivity contribution in [3.05, 3.63) is 0 Å². The van der Waals surface area contributed by atoms with Crippen molar-refractivity contribution in [1.29, 1.82) is 0 Å². The first kappa shape index (κ1) is 14.0. The third kappa shape index (κ3) is 1.84. The van der Waals surface area contributed by atoms with Crippen LogP contribution >= 0.6 is 0 Å². The minimum absolute atomic E-state index is 0.00174. The van der Waals surface area contributed by atoms with Crippen LogP contribution in [0.5, 0.6) is 0 Å². The van der Waals surface area contributed by atoms with Gasteiger partial charge in [0.15, 0.2) is 0 Å². The summed E-state index contributed by atoms with van der Waals surface area (Å²) in [6.45, 7) is 10.5. The van der Waals surface area contributed by atoms with Gasteiger partial charge in [-0.25, -0.2) is 0 Å². The summed E-state index contributed by atoms with van der Waals surface area (Å²) in [6.07, 6.45) is 3.93. The smallest absolute Gasteiger partial charge is 0.133 e. The highest BCUT2D eigenvalue weighted by Gasteiger charge is 2.60. The Morgan fingerprint density at radius 1 is 1.22 bits per heavy atom. The maximum Gasteiger partial charge on any atom is 0.133 e. The van der Waals surface area contributed by atoms with Crippen LogP contribution in [-0.4, -0.2) is 16.5 Å². The Balaban J connectivity index is 2.43. The molecule has 0 aromatic carbocycles. The molecular weight excluding hydrogens is 224 g/mol. The van der Waals surface area contributed by atoms with Crippen molar-refractivity contribution < 1.29 is 9.90 Å². The molecule has 0 amide bonds. The van der Waals surface area contributed by atoms with E-state index in [0.717, 1.165) is 25.7 Å². The first-order valence-corrected chi connectivity index (χ1v) is 7.44. The highest BCUT2D eigenvalue weighted by Crippen LogP contribution is 2.62. The number of ketones is 1. The van der Waals surface area contributed by atoms with Crippen molar-refractivity contribution in [2.24, 2.45) is 29.1 Å². The molecule has 0 aromatic heterocycles. The Kier molecular flexibility index (Phi) is 3.38. The van der Waals surface area contributed by atoms with Gasteiger partial charge in [-0.1, -0.05) is 20.8 Å². The molecule has 1 N–H and O–H groups in total. The van der Waals surface area contributed by atoms with Crippen LogP contribution in [0.2, 0.25) is 0 Å². The summed E-state index contributed by atoms with van der Waals surface area (Å²) in [5.41, 5.74) is -0.577. The number of carbonyl (C=O) groups excluding carboxylic acids is 1. The van der Waals surface area contributed by atoms with Gasteiger partial charge in [-0.2, -0.15) is 0 Å². The molecule has 0 bridgehead atoms. The molecule has 0 aromatic rings. The molecule has 0 heterocycles. The highest BCUT2D eigenvalue weighted by molar-refractivity contribution is 5.79. The molecule has 104 valence electrons. The van der Waals surface area contributed by atoms with Crippen molar-refractivity contribution in [3.8, 4) is 0 Å². The number of aliphatic hydroxyl groups is 1. The molecule has 2 rings (SSSR count). The Morgan fingerprint density at radius 2 is 1.83 bits per heavy atom. The number of fused-ring (bicyclic) bond motifs is 1. The lowest BCUT2D eigenvalue weighted by Gasteiger charge is -2.54. The molecule has 0 saturated heterocycles. The van der Waals surface area contributed by atoms with E-state index in [1.807, 2.05) is 6.92 Å². The maximum absolute atomic E-state index is 12.0. The van der Waals surface area contributed by atoms with Crippen LogP contribution < -0.4 is 0 Å². The van der Waals surface area contributed by atoms with Crippen LogP contribution in [-0.2, 0) is 4.79 Å². The summed E-state index contributed by atoms with van der Waals surface area (Å²) < 4.78 is 0. The quantitative estimate of drug-likeness (QED) is 0.817. The second kappa shape index (κ2) is 4.33. The van der Waals surface area contributed by atoms with Crippen LogP contribution in [0.15, 0.2) is 0 Å². The summed E-state index contributed by atoms with van der Waals surface area (Å²) in [6, 6.07) is 0. The zero-order valence-electron chi connectivity index (χ0n) is 12.5. The van der Waals surface area contributed by atoms with Crippen LogP contribution in [0.3, 0.4) is 0 Å². The highest BCUT2D eigenvalue weighted by atomic mass is 16.3. The maximum atomic E-state index is 12.0. The minimum Gasteiger partial charge on any atom is -0.390 e. The van der Waals surface area contributed by atoms with Crippen molar-refractivity contribution in [2.45, 2.75) is 65.9 Å². The SMILES string of the molecule is CC(=O)[C@H]1CC[C@@H]2[C@]1(C)[C@H](C(C)C)CC[C@@]2(C)O. The molecule has 2 saturated carbocycles. The van der Waals surface area contributed by atoms with Crippen molar-refractivity contribution in [1.82, 2.24) is 0 Å². The first-order valence-electron chi connectivity index (χ1n) is 7.44. The molecule has 2 aliphatic rings. The average Bonchev–Trinajstić information content (AvgIpc) is 2.56. The fourth-order valence-electron chi connectivity index (χ4n) is 5.32. The van der Waals surface area contributed by atoms with E-state index in [2.05, 4.69) is 20.8 Å². The van der Waals surface area contributed by atoms with E-state index >= 15 is 0 Å². The van der Waals surface area contributed by atoms with Crippen LogP contribution in [0.25, 0.3) is 0 Å². The van der Waals surface area contributed by atoms with Gasteiger partial charge >= 0.3 is 0 Å². The molecule has 0 aliphatic heterocycles. The Bertz CT molecular complexity index is 345. The molecular formula is C16H28O2. The van der Waals surface area contributed by atoms with E-state index in [9.17, 15) is 9.90 Å². The Hall–Kier alpha value is -0.370. The second-order valence-corrected chi connectivity index (χ2v) is 7.41. The van der Waals surface area contributed by atoms with Gasteiger partial charge in [0.2, 0.25) is 0 Å². The molecule has 0 spiro atoms. The summed E-state index contributed by atoms with van der Waals surface area (Å²) in [4.78, 5) is 12.0. The summed E-state index contributed by atoms with van der Waals surface area (Å²) >= 11 is 0. The molecule has 0 unspecified atom stereocenters. The van der Waals surface area contributed by atoms with E-state index in [-0.39, 0.29) is 11.3 Å². The fourth-order valence-corrected chi connectivity index (χ4v) is 5.32. The van der Waals surface area contributed by atoms with Crippen LogP contribution in [0.4, 0.5) is 0 Å². The molecule has 0 radical (unpaired) electrons. The van der Waals surface area contributed by atoms with Gasteiger partial charge in [0.1, 0.15) is 5.78 Å². The largest absolute Gasteiger partial charge is 0.390 e. The van der Waals surface area contributed by atoms with E-state index in [1.165, 1.54) is 0 Å². The lowest BCUT2D eigenvalue weighted by atomic mass is 9.52. The van der Waals surface area contributed by atoms with Crippen molar-refractivity contribution >= 4 is 5.78 Å². The van der Waals surface area contributed by atoms with Gasteiger partial charge in [0.25, 0.3) is 0 Å². The lowest BCUT2D eigenvalue weighted by Crippen LogP contribution is -2.54. The van der Waals surface area contributed by atoms with E-state index in [1.54, 1.807) is 6.92 Å². The normalized spacial score (nSPS) is 48.3. The number of rotatable bonds is 2. The van der Waals surface area contributed by atoms with Crippen LogP contribution in [0.1, 0.15) is 60.3 Å². The summed E-state index contributed by atoms with van der Waals surface area (Å²) in [5, 5.41) is 10.7. The van der Waals surface area contributed by atoms with Gasteiger partial charge in [0.05, 0.1) is 5.60 Å². The second-order valence-electron chi connectivity index (χ2n) is 7.41. The third-order valence-corrected chi connectivity index (χ3v) is 6.05. The van der Waals surface area contributed by atoms with Gasteiger partial charge in [-0.15, -0.1) is 0 Å². The average molecular weight is 252 g/mol. The van der Waals surface area contributed by atoms with Crippen molar-refractivity contribution in [3.63, 3.8) is 0 Å². The lowest BCUT2D eigenvalue weighted by molar-refractivity contribution is -0.145. The van der Waals surface area contributed by atoms with E-state index in [0.29, 0.717) is 23.5 Å². The topological polar surface area (TPSA) is 37.3 Å². The zero-order valence-corrected chi connectivity index (χ0v) is 12.5. The Labute approximate surface area is 111 Å². The molecule has 2 fully saturated rings. The number of hydrogen-bond acceptors (Lipinski definition) is 2. The molecule has 2 nitrogen and oxygen atoms in total. The van der Waals surface area contributed by atoms with E-state index < -0.39 is 5.60 Å². The van der Waals surface area contributed by atoms with Crippen molar-refractivity contribution in [2.75, 3.05) is 0 Å². The first-order chi connectivity index (χ1) is 8.21. The molecule has 18 heavy (non-hydrogen) atoms. The summed E-state index contributed by atoms with van der Waals surface area (Å²) in [7, 11) is 0. The third-order valence-electron chi connectivity index (χ3n) is 6.05. The van der Waals surface area contributed by atoms with E-state index in [4.69, 9.17) is 0 Å². The molecule has 2 heteroatoms. The zero-order chi connectivity index (χ0) is 13.7. The fraction of sp³-hybridized carbons (Fsp3) is 0.938. The van der Waals surface area contributed by atoms with Gasteiger partial charge < -0.3 is 5.11 Å². The minimum atomic E-state index is -0.579. The Morgan fingerprint density at radius 3 is 2.33 bits per heavy atom.